The van der Waals surface area contributed by atoms with Crippen molar-refractivity contribution < 1.29 is 14.3 Å². The zero-order valence-corrected chi connectivity index (χ0v) is 12.4. The van der Waals surface area contributed by atoms with Gasteiger partial charge in [-0.2, -0.15) is 0 Å². The van der Waals surface area contributed by atoms with Crippen LogP contribution in [-0.2, 0) is 9.53 Å². The minimum Gasteiger partial charge on any atom is -0.497 e. The lowest BCUT2D eigenvalue weighted by molar-refractivity contribution is -0.143. The number of hydrogen-bond acceptors (Lipinski definition) is 4. The van der Waals surface area contributed by atoms with Gasteiger partial charge in [-0.25, -0.2) is 4.79 Å². The van der Waals surface area contributed by atoms with Gasteiger partial charge in [0, 0.05) is 6.21 Å². The Morgan fingerprint density at radius 1 is 1.20 bits per heavy atom. The van der Waals surface area contributed by atoms with Gasteiger partial charge < -0.3 is 9.47 Å². The summed E-state index contributed by atoms with van der Waals surface area (Å²) in [5, 5.41) is 0. The number of nitrogens with zero attached hydrogens (tertiary/aromatic N) is 1. The Labute approximate surface area is 120 Å². The van der Waals surface area contributed by atoms with Crippen LogP contribution in [0.15, 0.2) is 35.3 Å². The average Bonchev–Trinajstić information content (AvgIpc) is 2.46. The highest BCUT2D eigenvalue weighted by Crippen LogP contribution is 2.12. The molecule has 0 spiro atoms. The van der Waals surface area contributed by atoms with Crippen LogP contribution in [0.4, 0.5) is 0 Å². The molecular weight excluding hydrogens is 254 g/mol. The number of aliphatic imine (C=N–C) groups is 1. The molecule has 1 rings (SSSR count). The van der Waals surface area contributed by atoms with E-state index < -0.39 is 6.04 Å². The Morgan fingerprint density at radius 2 is 1.85 bits per heavy atom. The lowest BCUT2D eigenvalue weighted by atomic mass is 10.1. The van der Waals surface area contributed by atoms with Crippen LogP contribution in [0.2, 0.25) is 0 Å². The van der Waals surface area contributed by atoms with Gasteiger partial charge in [-0.3, -0.25) is 4.99 Å². The van der Waals surface area contributed by atoms with Gasteiger partial charge >= 0.3 is 5.97 Å². The first-order chi connectivity index (χ1) is 9.58. The number of rotatable bonds is 6. The molecule has 20 heavy (non-hydrogen) atoms. The van der Waals surface area contributed by atoms with Gasteiger partial charge in [-0.15, -0.1) is 0 Å². The van der Waals surface area contributed by atoms with Crippen LogP contribution in [0, 0.1) is 5.92 Å². The van der Waals surface area contributed by atoms with Gasteiger partial charge in [0.05, 0.1) is 14.2 Å². The molecule has 0 fully saturated rings. The van der Waals surface area contributed by atoms with Crippen molar-refractivity contribution in [2.45, 2.75) is 19.9 Å². The van der Waals surface area contributed by atoms with Gasteiger partial charge in [0.25, 0.3) is 0 Å². The zero-order valence-electron chi connectivity index (χ0n) is 12.4. The summed E-state index contributed by atoms with van der Waals surface area (Å²) in [4.78, 5) is 15.7. The molecule has 0 aliphatic heterocycles. The molecule has 0 saturated carbocycles. The molecule has 0 aliphatic rings. The second-order valence-corrected chi connectivity index (χ2v) is 4.64. The molecule has 1 aromatic rings. The first-order valence-corrected chi connectivity index (χ1v) is 6.50. The Hall–Kier alpha value is -2.10. The molecule has 0 radical (unpaired) electrons. The van der Waals surface area contributed by atoms with Gasteiger partial charge in [0.1, 0.15) is 11.8 Å². The molecule has 0 aliphatic carbocycles. The monoisotopic (exact) mass is 275 g/mol. The van der Waals surface area contributed by atoms with E-state index in [1.165, 1.54) is 7.11 Å². The van der Waals surface area contributed by atoms with Gasteiger partial charge in [0.15, 0.2) is 0 Å². The number of carbonyl (C=O) groups excluding carboxylic acids is 1. The molecular formula is C16H21NO3. The minimum absolute atomic E-state index is 0.105. The second kappa shape index (κ2) is 8.15. The van der Waals surface area contributed by atoms with E-state index in [0.717, 1.165) is 11.3 Å². The fraction of sp³-hybridized carbons (Fsp3) is 0.375. The third-order valence-electron chi connectivity index (χ3n) is 2.81. The van der Waals surface area contributed by atoms with E-state index in [1.807, 2.05) is 44.2 Å². The maximum absolute atomic E-state index is 11.5. The fourth-order valence-electron chi connectivity index (χ4n) is 1.64. The van der Waals surface area contributed by atoms with E-state index in [4.69, 9.17) is 9.47 Å². The molecule has 1 atom stereocenters. The van der Waals surface area contributed by atoms with E-state index in [0.29, 0.717) is 0 Å². The summed E-state index contributed by atoms with van der Waals surface area (Å²) in [5.74, 6) is 0.614. The van der Waals surface area contributed by atoms with E-state index in [-0.39, 0.29) is 11.9 Å². The third kappa shape index (κ3) is 4.88. The fourth-order valence-corrected chi connectivity index (χ4v) is 1.64. The van der Waals surface area contributed by atoms with Crippen LogP contribution < -0.4 is 4.74 Å². The first-order valence-electron chi connectivity index (χ1n) is 6.50. The highest BCUT2D eigenvalue weighted by Gasteiger charge is 2.20. The highest BCUT2D eigenvalue weighted by molar-refractivity contribution is 5.83. The largest absolute Gasteiger partial charge is 0.497 e. The summed E-state index contributed by atoms with van der Waals surface area (Å²) in [6.45, 7) is 3.87. The van der Waals surface area contributed by atoms with Crippen molar-refractivity contribution >= 4 is 18.3 Å². The Kier molecular flexibility index (Phi) is 6.50. The Bertz CT molecular complexity index is 475. The van der Waals surface area contributed by atoms with Gasteiger partial charge in [-0.1, -0.05) is 32.1 Å². The van der Waals surface area contributed by atoms with Crippen molar-refractivity contribution in [3.8, 4) is 5.75 Å². The number of methoxy groups -OCH3 is 2. The molecule has 0 unspecified atom stereocenters. The third-order valence-corrected chi connectivity index (χ3v) is 2.81. The van der Waals surface area contributed by atoms with Crippen molar-refractivity contribution in [3.05, 3.63) is 35.9 Å². The summed E-state index contributed by atoms with van der Waals surface area (Å²) in [5.41, 5.74) is 1.04. The smallest absolute Gasteiger partial charge is 0.330 e. The Balaban J connectivity index is 2.65. The summed E-state index contributed by atoms with van der Waals surface area (Å²) < 4.78 is 9.81. The predicted molar refractivity (Wildman–Crippen MR) is 81.2 cm³/mol. The molecule has 0 aromatic heterocycles. The highest BCUT2D eigenvalue weighted by atomic mass is 16.5. The van der Waals surface area contributed by atoms with E-state index in [9.17, 15) is 4.79 Å². The van der Waals surface area contributed by atoms with Crippen molar-refractivity contribution in [3.63, 3.8) is 0 Å². The summed E-state index contributed by atoms with van der Waals surface area (Å²) in [6.07, 6.45) is 5.35. The maximum Gasteiger partial charge on any atom is 0.330 e. The summed E-state index contributed by atoms with van der Waals surface area (Å²) in [6, 6.07) is 7.22. The van der Waals surface area contributed by atoms with Crippen LogP contribution in [0.25, 0.3) is 6.08 Å². The molecule has 0 heterocycles. The molecule has 0 N–H and O–H groups in total. The predicted octanol–water partition coefficient (Wildman–Crippen LogP) is 2.98. The molecule has 4 heteroatoms. The van der Waals surface area contributed by atoms with Crippen molar-refractivity contribution in [1.82, 2.24) is 0 Å². The zero-order chi connectivity index (χ0) is 15.0. The SMILES string of the molecule is COC(=O)[C@@H](N=C/C=C/c1ccc(OC)cc1)C(C)C. The normalized spacial score (nSPS) is 13.1. The van der Waals surface area contributed by atoms with Crippen LogP contribution in [0.1, 0.15) is 19.4 Å². The van der Waals surface area contributed by atoms with Crippen molar-refractivity contribution in [2.75, 3.05) is 14.2 Å². The van der Waals surface area contributed by atoms with E-state index >= 15 is 0 Å². The topological polar surface area (TPSA) is 47.9 Å². The number of allylic oxidation sites excluding steroid dienone is 1. The van der Waals surface area contributed by atoms with Crippen LogP contribution in [0.5, 0.6) is 5.75 Å². The van der Waals surface area contributed by atoms with Crippen LogP contribution in [-0.4, -0.2) is 32.4 Å². The number of hydrogen-bond donors (Lipinski definition) is 0. The van der Waals surface area contributed by atoms with Gasteiger partial charge in [-0.05, 0) is 29.7 Å². The number of esters is 1. The lowest BCUT2D eigenvalue weighted by Crippen LogP contribution is -2.25. The Morgan fingerprint density at radius 3 is 2.35 bits per heavy atom. The lowest BCUT2D eigenvalue weighted by Gasteiger charge is -2.12. The summed E-state index contributed by atoms with van der Waals surface area (Å²) in [7, 11) is 3.01. The maximum atomic E-state index is 11.5. The van der Waals surface area contributed by atoms with Crippen LogP contribution >= 0.6 is 0 Å². The van der Waals surface area contributed by atoms with Gasteiger partial charge in [0.2, 0.25) is 0 Å². The van der Waals surface area contributed by atoms with E-state index in [2.05, 4.69) is 4.99 Å². The quantitative estimate of drug-likeness (QED) is 0.592. The number of benzene rings is 1. The van der Waals surface area contributed by atoms with Crippen LogP contribution in [0.3, 0.4) is 0 Å². The molecule has 108 valence electrons. The average molecular weight is 275 g/mol. The number of ether oxygens (including phenoxy) is 2. The van der Waals surface area contributed by atoms with E-state index in [1.54, 1.807) is 19.4 Å². The standard InChI is InChI=1S/C16H21NO3/c1-12(2)15(16(18)20-4)17-11-5-6-13-7-9-14(19-3)10-8-13/h5-12,15H,1-4H3/b6-5+,17-11?/t15-/m0/s1. The molecule has 0 amide bonds. The second-order valence-electron chi connectivity index (χ2n) is 4.64. The molecule has 4 nitrogen and oxygen atoms in total. The van der Waals surface area contributed by atoms with Crippen molar-refractivity contribution in [2.24, 2.45) is 10.9 Å². The molecule has 1 aromatic carbocycles. The molecule has 0 bridgehead atoms. The first kappa shape index (κ1) is 16.0. The summed E-state index contributed by atoms with van der Waals surface area (Å²) >= 11 is 0. The minimum atomic E-state index is -0.458. The van der Waals surface area contributed by atoms with Crippen molar-refractivity contribution in [1.29, 1.82) is 0 Å². The molecule has 0 saturated heterocycles. The number of carbonyl (C=O) groups is 1.